The Morgan fingerprint density at radius 3 is 1.20 bits per heavy atom. The van der Waals surface area contributed by atoms with Crippen molar-refractivity contribution < 1.29 is 93.1 Å². The van der Waals surface area contributed by atoms with E-state index in [1.54, 1.807) is 144 Å². The molecule has 1 aliphatic carbocycles. The summed E-state index contributed by atoms with van der Waals surface area (Å²) in [4.78, 5) is 127. The molecule has 0 radical (unpaired) electrons. The summed E-state index contributed by atoms with van der Waals surface area (Å²) in [6, 6.07) is -2.39. The number of likely N-dealkylation sites (N-methyl/N-ethyl adjacent to an activating group) is 3. The third-order valence-corrected chi connectivity index (χ3v) is 19.4. The molecule has 708 valence electrons. The number of nitrogens with two attached hydrogens (primary N) is 1. The minimum absolute atomic E-state index is 0.0378. The number of aromatic nitrogens is 10. The van der Waals surface area contributed by atoms with Gasteiger partial charge in [0, 0.05) is 57.7 Å². The number of likely N-dealkylation sites (tertiary alicyclic amines) is 3. The van der Waals surface area contributed by atoms with Gasteiger partial charge in [0.05, 0.1) is 126 Å². The number of hydrogen-bond donors (Lipinski definition) is 7. The first-order chi connectivity index (χ1) is 59.3. The molecule has 127 heavy (non-hydrogen) atoms. The van der Waals surface area contributed by atoms with E-state index in [0.717, 1.165) is 37.2 Å². The van der Waals surface area contributed by atoms with Gasteiger partial charge in [0.2, 0.25) is 11.3 Å². The molecular weight excluding hydrogens is 1670 g/mol. The van der Waals surface area contributed by atoms with Crippen LogP contribution in [0.4, 0.5) is 73.6 Å². The molecule has 43 heteroatoms. The average Bonchev–Trinajstić information content (AvgIpc) is 1.69. The molecule has 5 aliphatic heterocycles. The molecule has 11 heterocycles. The van der Waals surface area contributed by atoms with Crippen molar-refractivity contribution in [2.24, 2.45) is 5.73 Å². The largest absolute Gasteiger partial charge is 0.478 e. The van der Waals surface area contributed by atoms with Crippen molar-refractivity contribution in [3.63, 3.8) is 0 Å². The van der Waals surface area contributed by atoms with E-state index in [1.807, 2.05) is 44.4 Å². The van der Waals surface area contributed by atoms with Crippen LogP contribution in [0.15, 0.2) is 49.6 Å². The first kappa shape index (κ1) is 103. The minimum Gasteiger partial charge on any atom is -0.478 e. The molecule has 7 amide bonds. The molecule has 37 nitrogen and oxygen atoms in total. The average molecular weight is 1800 g/mol. The lowest BCUT2D eigenvalue weighted by atomic mass is 10.2. The number of ether oxygens (including phenoxy) is 7. The highest BCUT2D eigenvalue weighted by Gasteiger charge is 2.45. The maximum atomic E-state index is 14.4. The van der Waals surface area contributed by atoms with Crippen LogP contribution in [0, 0.1) is 13.8 Å². The molecule has 8 N–H and O–H groups in total. The Labute approximate surface area is 738 Å². The molecule has 6 aromatic heterocycles. The zero-order valence-corrected chi connectivity index (χ0v) is 77.3. The highest BCUT2D eigenvalue weighted by atomic mass is 19.2. The fourth-order valence-corrected chi connectivity index (χ4v) is 13.8. The Kier molecular flexibility index (Phi) is 36.9. The number of amides is 7. The van der Waals surface area contributed by atoms with Crippen molar-refractivity contribution in [2.75, 3.05) is 126 Å². The molecule has 1 saturated carbocycles. The van der Waals surface area contributed by atoms with Gasteiger partial charge in [-0.15, -0.1) is 0 Å². The number of imidazole rings is 2. The number of methoxy groups -OCH3 is 2. The highest BCUT2D eigenvalue weighted by Crippen LogP contribution is 2.29. The molecule has 0 spiro atoms. The number of anilines is 4. The molecule has 0 bridgehead atoms. The Balaban J connectivity index is 0.000000216. The number of aryl methyl sites for hydroxylation is 2. The second-order valence-electron chi connectivity index (χ2n) is 36.2. The van der Waals surface area contributed by atoms with Crippen LogP contribution >= 0.6 is 0 Å². The van der Waals surface area contributed by atoms with Gasteiger partial charge in [-0.25, -0.2) is 80.2 Å². The number of carbonyl (C=O) groups excluding carboxylic acids is 7. The number of carbonyl (C=O) groups is 7. The molecule has 6 aromatic rings. The van der Waals surface area contributed by atoms with Crippen LogP contribution in [-0.2, 0) is 23.7 Å². The fourth-order valence-electron chi connectivity index (χ4n) is 13.8. The van der Waals surface area contributed by atoms with Gasteiger partial charge in [-0.3, -0.25) is 18.4 Å². The van der Waals surface area contributed by atoms with E-state index < -0.39 is 125 Å². The monoisotopic (exact) mass is 1800 g/mol. The molecule has 12 rings (SSSR count). The summed E-state index contributed by atoms with van der Waals surface area (Å²) < 4.78 is 122. The summed E-state index contributed by atoms with van der Waals surface area (Å²) in [5, 5.41) is 17.2. The molecule has 0 aromatic carbocycles. The van der Waals surface area contributed by atoms with E-state index in [-0.39, 0.29) is 81.9 Å². The van der Waals surface area contributed by atoms with Crippen LogP contribution in [0.2, 0.25) is 0 Å². The molecule has 6 aliphatic rings. The van der Waals surface area contributed by atoms with E-state index in [4.69, 9.17) is 38.9 Å². The number of alkyl carbamates (subject to hydrolysis) is 1. The van der Waals surface area contributed by atoms with Crippen molar-refractivity contribution in [2.45, 2.75) is 266 Å². The highest BCUT2D eigenvalue weighted by molar-refractivity contribution is 6.03. The van der Waals surface area contributed by atoms with E-state index in [1.165, 1.54) is 58.6 Å². The Hall–Kier alpha value is -10.7. The predicted octanol–water partition coefficient (Wildman–Crippen LogP) is 10.5. The summed E-state index contributed by atoms with van der Waals surface area (Å²) in [7, 11) is 2.98. The Morgan fingerprint density at radius 1 is 0.441 bits per heavy atom. The van der Waals surface area contributed by atoms with Gasteiger partial charge < -0.3 is 100 Å². The van der Waals surface area contributed by atoms with Gasteiger partial charge in [-0.2, -0.15) is 9.97 Å². The van der Waals surface area contributed by atoms with Gasteiger partial charge >= 0.3 is 30.5 Å². The number of hydrogen-bond acceptors (Lipinski definition) is 28. The quantitative estimate of drug-likeness (QED) is 0.0329. The Bertz CT molecular complexity index is 4410. The maximum Gasteiger partial charge on any atom is 0.410 e. The summed E-state index contributed by atoms with van der Waals surface area (Å²) in [5.74, 6) is 1.32. The zero-order chi connectivity index (χ0) is 94.5. The normalized spacial score (nSPS) is 22.2. The third kappa shape index (κ3) is 31.9. The number of alkyl halides is 6. The standard InChI is InChI=1S/2C19H23FN8O2.C16H29FN2O4.C14H25FN2O4.C9H17FN2O2.C7H14FN/c2*1-4-21-14-9-27(8-12(14)20)16-6-22-13(5-23-16)18(29)25-15-10-28-7-11(2)24-17(28)19(26-15)30-3;1-8-19(14(21)23-16(5,6)7)12-10-18(9-11(12)17)13(20)22-15(2,3)4;1-13(2,3)20-11(18)16-10-8-17(7-9(10)15)12(19)21-14(4,5)6;1-9(2,3)14-8(13)12-4-6(10)7(11)5-12;1-2-9-7-5-3-4-6(7)8/h2*5-7,10,12,14,21H,4,8-9H2,1-3H3,(H,25,29);11-12H,8-10H2,1-7H3;9-10H,7-8H2,1-6H3,(H,16,18);6-7H,4-5,11H2,1-3H3;6-7,9H,2-5H2,1H3/t;;11-,12+;9-,10+;2*6-,7+/m..0000/s1. The van der Waals surface area contributed by atoms with Gasteiger partial charge in [0.15, 0.2) is 11.6 Å². The summed E-state index contributed by atoms with van der Waals surface area (Å²) in [6.45, 7) is 42.0. The van der Waals surface area contributed by atoms with Crippen molar-refractivity contribution in [3.8, 4) is 11.8 Å². The smallest absolute Gasteiger partial charge is 0.410 e. The number of nitrogens with one attached hydrogen (secondary N) is 6. The first-order valence-electron chi connectivity index (χ1n) is 42.6. The fraction of sp³-hybridized carbons (Fsp3) is 0.679. The van der Waals surface area contributed by atoms with Crippen LogP contribution in [0.1, 0.15) is 183 Å². The third-order valence-electron chi connectivity index (χ3n) is 19.4. The maximum absolute atomic E-state index is 14.4. The number of halogens is 6. The van der Waals surface area contributed by atoms with Crippen molar-refractivity contribution >= 4 is 76.8 Å². The first-order valence-corrected chi connectivity index (χ1v) is 42.6. The lowest BCUT2D eigenvalue weighted by Gasteiger charge is -2.31. The van der Waals surface area contributed by atoms with Gasteiger partial charge in [-0.05, 0) is 164 Å². The minimum atomic E-state index is -1.34. The molecule has 6 fully saturated rings. The summed E-state index contributed by atoms with van der Waals surface area (Å²) in [5.41, 5.74) is 5.28. The van der Waals surface area contributed by atoms with Crippen LogP contribution in [0.5, 0.6) is 11.8 Å². The number of nitrogens with zero attached hydrogens (tertiary/aromatic N) is 16. The second kappa shape index (κ2) is 45.3. The van der Waals surface area contributed by atoms with Gasteiger partial charge in [0.25, 0.3) is 23.6 Å². The van der Waals surface area contributed by atoms with Gasteiger partial charge in [-0.1, -0.05) is 20.8 Å². The lowest BCUT2D eigenvalue weighted by Crippen LogP contribution is -2.48. The summed E-state index contributed by atoms with van der Waals surface area (Å²) >= 11 is 0. The zero-order valence-electron chi connectivity index (χ0n) is 77.3. The van der Waals surface area contributed by atoms with Crippen LogP contribution in [-0.4, -0.2) is 318 Å². The van der Waals surface area contributed by atoms with E-state index in [9.17, 15) is 59.9 Å². The van der Waals surface area contributed by atoms with Crippen LogP contribution in [0.25, 0.3) is 11.3 Å². The topological polar surface area (TPSA) is 414 Å². The van der Waals surface area contributed by atoms with Gasteiger partial charge in [0.1, 0.15) is 88.1 Å². The van der Waals surface area contributed by atoms with Crippen LogP contribution in [0.3, 0.4) is 0 Å². The van der Waals surface area contributed by atoms with E-state index >= 15 is 0 Å². The van der Waals surface area contributed by atoms with Crippen molar-refractivity contribution in [3.05, 3.63) is 72.4 Å². The molecular formula is C84H131F6N23O14. The second-order valence-corrected chi connectivity index (χ2v) is 36.2. The molecule has 12 atom stereocenters. The van der Waals surface area contributed by atoms with E-state index in [2.05, 4.69) is 71.8 Å². The molecule has 5 saturated heterocycles. The van der Waals surface area contributed by atoms with Crippen molar-refractivity contribution in [1.82, 2.24) is 89.5 Å². The van der Waals surface area contributed by atoms with Crippen LogP contribution < -0.4 is 56.9 Å². The molecule has 4 unspecified atom stereocenters. The SMILES string of the molecule is CC(C)(C)OC(=O)N1C[C@@H](N)[C@@H](F)C1.CC(C)(C)OC(=O)N[C@@H]1CN(C(=O)OC(C)(C)C)C[C@@H]1F.CCN(C(=O)OC(C)(C)C)[C@@H]1CN(C(=O)OC(C)(C)C)C[C@@H]1F.CCNC1CN(c2cnc(C(=O)Nc3cn4cc(C)nc4c(OC)n3)cn2)CC1F.CCNC1CN(c2cnc(C(=O)Nc3cn4cc(C)nc4c(OC)n3)cn2)CC1F.CCN[C@@H]1CCC[C@@H]1F. The number of fused-ring (bicyclic) bond motifs is 2. The number of rotatable bonds is 17. The summed E-state index contributed by atoms with van der Waals surface area (Å²) in [6.07, 6.45) is 6.19. The lowest BCUT2D eigenvalue weighted by molar-refractivity contribution is 0.0107. The predicted molar refractivity (Wildman–Crippen MR) is 466 cm³/mol. The van der Waals surface area contributed by atoms with Crippen molar-refractivity contribution in [1.29, 1.82) is 0 Å². The Morgan fingerprint density at radius 2 is 0.835 bits per heavy atom. The van der Waals surface area contributed by atoms with E-state index in [0.29, 0.717) is 79.0 Å².